The minimum Gasteiger partial charge on any atom is -0.349 e. The van der Waals surface area contributed by atoms with Crippen molar-refractivity contribution in [1.82, 2.24) is 29.6 Å². The van der Waals surface area contributed by atoms with Crippen LogP contribution in [0.1, 0.15) is 16.1 Å². The minimum absolute atomic E-state index is 0.208. The molecule has 0 spiro atoms. The predicted octanol–water partition coefficient (Wildman–Crippen LogP) is 2.76. The topological polar surface area (TPSA) is 94.7 Å². The second-order valence-corrected chi connectivity index (χ2v) is 7.56. The molecule has 9 heteroatoms. The zero-order valence-electron chi connectivity index (χ0n) is 17.5. The number of carbonyl (C=O) groups is 1. The average Bonchev–Trinajstić information content (AvgIpc) is 3.24. The number of fused-ring (bicyclic) bond motifs is 2. The molecule has 5 rings (SSSR count). The molecule has 0 aliphatic carbocycles. The molecule has 0 fully saturated rings. The van der Waals surface area contributed by atoms with Crippen LogP contribution in [0, 0.1) is 5.82 Å². The van der Waals surface area contributed by atoms with E-state index in [4.69, 9.17) is 0 Å². The van der Waals surface area contributed by atoms with Gasteiger partial charge in [-0.2, -0.15) is 5.10 Å². The first-order valence-electron chi connectivity index (χ1n) is 10.4. The highest BCUT2D eigenvalue weighted by atomic mass is 19.1. The number of nitrogens with one attached hydrogen (secondary N) is 1. The number of hydrogen-bond acceptors (Lipinski definition) is 5. The molecule has 1 N–H and O–H groups in total. The van der Waals surface area contributed by atoms with Crippen molar-refractivity contribution in [2.24, 2.45) is 0 Å². The Kier molecular flexibility index (Phi) is 5.35. The van der Waals surface area contributed by atoms with Crippen LogP contribution in [0.4, 0.5) is 4.39 Å². The second kappa shape index (κ2) is 8.62. The van der Waals surface area contributed by atoms with Gasteiger partial charge in [0.1, 0.15) is 23.2 Å². The smallest absolute Gasteiger partial charge is 0.269 e. The van der Waals surface area contributed by atoms with Crippen LogP contribution in [0.5, 0.6) is 0 Å². The first-order valence-corrected chi connectivity index (χ1v) is 10.4. The van der Waals surface area contributed by atoms with Gasteiger partial charge in [0.05, 0.1) is 24.8 Å². The number of amides is 1. The quantitative estimate of drug-likeness (QED) is 0.436. The van der Waals surface area contributed by atoms with E-state index >= 15 is 0 Å². The van der Waals surface area contributed by atoms with Crippen molar-refractivity contribution in [2.75, 3.05) is 6.54 Å². The molecule has 3 heterocycles. The molecule has 8 nitrogen and oxygen atoms in total. The van der Waals surface area contributed by atoms with Crippen molar-refractivity contribution in [3.05, 3.63) is 101 Å². The molecule has 33 heavy (non-hydrogen) atoms. The molecule has 0 saturated carbocycles. The molecule has 0 atom stereocenters. The molecule has 1 amide bonds. The van der Waals surface area contributed by atoms with Crippen LogP contribution in [-0.4, -0.2) is 36.8 Å². The van der Waals surface area contributed by atoms with Gasteiger partial charge in [0.2, 0.25) is 0 Å². The van der Waals surface area contributed by atoms with Crippen LogP contribution in [0.3, 0.4) is 0 Å². The lowest BCUT2D eigenvalue weighted by Gasteiger charge is -2.08. The zero-order valence-corrected chi connectivity index (χ0v) is 17.5. The van der Waals surface area contributed by atoms with Gasteiger partial charge in [-0.15, -0.1) is 0 Å². The average molecular weight is 442 g/mol. The van der Waals surface area contributed by atoms with Crippen molar-refractivity contribution in [3.63, 3.8) is 0 Å². The first-order chi connectivity index (χ1) is 16.1. The lowest BCUT2D eigenvalue weighted by molar-refractivity contribution is 0.0947. The van der Waals surface area contributed by atoms with Crippen LogP contribution in [0.25, 0.3) is 21.9 Å². The van der Waals surface area contributed by atoms with Gasteiger partial charge in [0.15, 0.2) is 5.65 Å². The number of carbonyl (C=O) groups excluding carboxylic acids is 1. The predicted molar refractivity (Wildman–Crippen MR) is 121 cm³/mol. The Morgan fingerprint density at radius 2 is 1.94 bits per heavy atom. The van der Waals surface area contributed by atoms with E-state index in [9.17, 15) is 14.0 Å². The molecule has 2 aromatic carbocycles. The Balaban J connectivity index is 1.27. The van der Waals surface area contributed by atoms with Crippen molar-refractivity contribution in [1.29, 1.82) is 0 Å². The Hall–Kier alpha value is -4.40. The number of pyridine rings is 1. The van der Waals surface area contributed by atoms with Crippen LogP contribution in [0.15, 0.2) is 78.0 Å². The van der Waals surface area contributed by atoms with Gasteiger partial charge in [-0.3, -0.25) is 14.2 Å². The lowest BCUT2D eigenvalue weighted by Crippen LogP contribution is -2.28. The number of aromatic nitrogens is 5. The number of para-hydroxylation sites is 1. The largest absolute Gasteiger partial charge is 0.349 e. The molecule has 0 aliphatic heterocycles. The maximum atomic E-state index is 13.4. The van der Waals surface area contributed by atoms with Crippen LogP contribution in [-0.2, 0) is 13.1 Å². The monoisotopic (exact) mass is 442 g/mol. The van der Waals surface area contributed by atoms with Crippen molar-refractivity contribution >= 4 is 27.8 Å². The molecular formula is C24H19FN6O2. The van der Waals surface area contributed by atoms with Crippen LogP contribution in [0.2, 0.25) is 0 Å². The maximum Gasteiger partial charge on any atom is 0.269 e. The normalized spacial score (nSPS) is 11.2. The molecule has 0 unspecified atom stereocenters. The number of rotatable bonds is 6. The summed E-state index contributed by atoms with van der Waals surface area (Å²) in [6.07, 6.45) is 2.88. The SMILES string of the molecule is O=C(NCCn1ncc2c(=O)n(Cc3cccc(F)c3)cnc21)c1ccc2ccccc2n1. The van der Waals surface area contributed by atoms with Gasteiger partial charge >= 0.3 is 0 Å². The van der Waals surface area contributed by atoms with E-state index in [0.29, 0.717) is 28.8 Å². The van der Waals surface area contributed by atoms with Gasteiger partial charge in [-0.05, 0) is 29.8 Å². The Morgan fingerprint density at radius 1 is 1.06 bits per heavy atom. The van der Waals surface area contributed by atoms with Crippen LogP contribution >= 0.6 is 0 Å². The van der Waals surface area contributed by atoms with Crippen molar-refractivity contribution in [3.8, 4) is 0 Å². The van der Waals surface area contributed by atoms with Gasteiger partial charge in [-0.25, -0.2) is 19.0 Å². The van der Waals surface area contributed by atoms with E-state index in [0.717, 1.165) is 10.9 Å². The Morgan fingerprint density at radius 3 is 2.82 bits per heavy atom. The molecule has 0 aliphatic rings. The number of hydrogen-bond donors (Lipinski definition) is 1. The standard InChI is InChI=1S/C24H19FN6O2/c25-18-6-3-4-16(12-18)14-30-15-27-22-19(24(30)33)13-28-31(22)11-10-26-23(32)21-9-8-17-5-1-2-7-20(17)29-21/h1-9,12-13,15H,10-11,14H2,(H,26,32). The van der Waals surface area contributed by atoms with Crippen molar-refractivity contribution in [2.45, 2.75) is 13.1 Å². The van der Waals surface area contributed by atoms with E-state index in [1.165, 1.54) is 29.2 Å². The number of nitrogens with zero attached hydrogens (tertiary/aromatic N) is 5. The van der Waals surface area contributed by atoms with E-state index in [2.05, 4.69) is 20.4 Å². The second-order valence-electron chi connectivity index (χ2n) is 7.56. The highest BCUT2D eigenvalue weighted by molar-refractivity contribution is 5.94. The first kappa shape index (κ1) is 20.5. The summed E-state index contributed by atoms with van der Waals surface area (Å²) < 4.78 is 16.4. The highest BCUT2D eigenvalue weighted by Crippen LogP contribution is 2.12. The summed E-state index contributed by atoms with van der Waals surface area (Å²) in [6.45, 7) is 0.834. The molecular weight excluding hydrogens is 423 g/mol. The third-order valence-corrected chi connectivity index (χ3v) is 5.30. The van der Waals surface area contributed by atoms with Crippen LogP contribution < -0.4 is 10.9 Å². The highest BCUT2D eigenvalue weighted by Gasteiger charge is 2.12. The van der Waals surface area contributed by atoms with Crippen molar-refractivity contribution < 1.29 is 9.18 Å². The molecule has 0 bridgehead atoms. The molecule has 5 aromatic rings. The Bertz CT molecular complexity index is 1540. The van der Waals surface area contributed by atoms with E-state index in [-0.39, 0.29) is 30.4 Å². The maximum absolute atomic E-state index is 13.4. The number of benzene rings is 2. The minimum atomic E-state index is -0.358. The van der Waals surface area contributed by atoms with E-state index in [1.54, 1.807) is 22.9 Å². The molecule has 0 radical (unpaired) electrons. The van der Waals surface area contributed by atoms with Gasteiger partial charge < -0.3 is 5.32 Å². The Labute approximate surface area is 187 Å². The van der Waals surface area contributed by atoms with E-state index in [1.807, 2.05) is 30.3 Å². The molecule has 164 valence electrons. The summed E-state index contributed by atoms with van der Waals surface area (Å²) in [7, 11) is 0. The van der Waals surface area contributed by atoms with Gasteiger partial charge in [0.25, 0.3) is 11.5 Å². The fourth-order valence-electron chi connectivity index (χ4n) is 3.66. The molecule has 0 saturated heterocycles. The summed E-state index contributed by atoms with van der Waals surface area (Å²) in [5.41, 5.74) is 1.91. The lowest BCUT2D eigenvalue weighted by atomic mass is 10.2. The fourth-order valence-corrected chi connectivity index (χ4v) is 3.66. The summed E-state index contributed by atoms with van der Waals surface area (Å²) in [4.78, 5) is 34.0. The third-order valence-electron chi connectivity index (χ3n) is 5.30. The summed E-state index contributed by atoms with van der Waals surface area (Å²) >= 11 is 0. The van der Waals surface area contributed by atoms with Gasteiger partial charge in [0, 0.05) is 11.9 Å². The molecule has 3 aromatic heterocycles. The van der Waals surface area contributed by atoms with E-state index < -0.39 is 0 Å². The van der Waals surface area contributed by atoms with Gasteiger partial charge in [-0.1, -0.05) is 36.4 Å². The fraction of sp³-hybridized carbons (Fsp3) is 0.125. The summed E-state index contributed by atoms with van der Waals surface area (Å²) in [5, 5.41) is 8.39. The third kappa shape index (κ3) is 4.20. The summed E-state index contributed by atoms with van der Waals surface area (Å²) in [6, 6.07) is 17.2. The zero-order chi connectivity index (χ0) is 22.8. The number of halogens is 1. The summed E-state index contributed by atoms with van der Waals surface area (Å²) in [5.74, 6) is -0.647.